The van der Waals surface area contributed by atoms with E-state index in [-0.39, 0.29) is 28.1 Å². The van der Waals surface area contributed by atoms with Gasteiger partial charge in [-0.1, -0.05) is 72.8 Å². The van der Waals surface area contributed by atoms with Gasteiger partial charge in [-0.3, -0.25) is 9.69 Å². The zero-order valence-corrected chi connectivity index (χ0v) is 31.5. The molecule has 0 saturated carbocycles. The molecule has 3 fully saturated rings. The maximum absolute atomic E-state index is 15.0. The lowest BCUT2D eigenvalue weighted by atomic mass is 9.70. The zero-order chi connectivity index (χ0) is 36.7. The minimum Gasteiger partial charge on any atom is -0.313 e. The number of rotatable bonds is 7. The Kier molecular flexibility index (Phi) is 8.19. The van der Waals surface area contributed by atoms with Crippen molar-refractivity contribution in [2.24, 2.45) is 0 Å². The molecule has 53 heavy (non-hydrogen) atoms. The number of anilines is 1. The number of likely N-dealkylation sites (tertiary alicyclic amines) is 1. The van der Waals surface area contributed by atoms with E-state index in [1.54, 1.807) is 41.4 Å². The molecule has 4 aliphatic rings. The second-order valence-corrected chi connectivity index (χ2v) is 19.5. The van der Waals surface area contributed by atoms with E-state index in [1.807, 2.05) is 61.6 Å². The molecular formula is C41H43N5O5S2. The largest absolute Gasteiger partial charge is 0.313 e. The van der Waals surface area contributed by atoms with Crippen LogP contribution in [0, 0.1) is 0 Å². The smallest absolute Gasteiger partial charge is 0.269 e. The van der Waals surface area contributed by atoms with Gasteiger partial charge < -0.3 is 10.2 Å². The first-order valence-electron chi connectivity index (χ1n) is 18.4. The molecule has 12 heteroatoms. The number of carbonyl (C=O) groups is 1. The summed E-state index contributed by atoms with van der Waals surface area (Å²) in [7, 11) is -5.44. The van der Waals surface area contributed by atoms with Gasteiger partial charge in [-0.15, -0.1) is 0 Å². The van der Waals surface area contributed by atoms with Gasteiger partial charge >= 0.3 is 0 Å². The maximum Gasteiger partial charge on any atom is 0.269 e. The summed E-state index contributed by atoms with van der Waals surface area (Å²) in [4.78, 5) is 23.6. The second kappa shape index (κ2) is 12.6. The Labute approximate surface area is 310 Å². The Balaban J connectivity index is 1.27. The van der Waals surface area contributed by atoms with E-state index in [2.05, 4.69) is 10.2 Å². The van der Waals surface area contributed by atoms with E-state index in [4.69, 9.17) is 4.98 Å². The number of hydrogen-bond acceptors (Lipinski definition) is 8. The fraction of sp³-hybridized carbons (Fsp3) is 0.366. The lowest BCUT2D eigenvalue weighted by Crippen LogP contribution is -2.51. The highest BCUT2D eigenvalue weighted by atomic mass is 32.2. The van der Waals surface area contributed by atoms with Crippen molar-refractivity contribution >= 4 is 42.5 Å². The average molecular weight is 750 g/mol. The molecule has 1 amide bonds. The predicted octanol–water partition coefficient (Wildman–Crippen LogP) is 5.74. The Bertz CT molecular complexity index is 2450. The summed E-state index contributed by atoms with van der Waals surface area (Å²) in [6, 6.07) is 26.8. The molecule has 10 nitrogen and oxygen atoms in total. The van der Waals surface area contributed by atoms with Crippen LogP contribution in [-0.4, -0.2) is 80.3 Å². The maximum atomic E-state index is 15.0. The van der Waals surface area contributed by atoms with Crippen molar-refractivity contribution in [3.05, 3.63) is 102 Å². The number of carbonyl (C=O) groups excluding carboxylic acids is 1. The van der Waals surface area contributed by atoms with Crippen LogP contribution < -0.4 is 10.2 Å². The Morgan fingerprint density at radius 1 is 0.811 bits per heavy atom. The number of nitrogens with one attached hydrogen (secondary N) is 1. The van der Waals surface area contributed by atoms with Gasteiger partial charge in [-0.05, 0) is 80.4 Å². The van der Waals surface area contributed by atoms with Crippen molar-refractivity contribution in [3.63, 3.8) is 0 Å². The average Bonchev–Trinajstić information content (AvgIpc) is 3.76. The van der Waals surface area contributed by atoms with Crippen LogP contribution in [0.25, 0.3) is 33.4 Å². The molecule has 1 spiro atoms. The lowest BCUT2D eigenvalue weighted by molar-refractivity contribution is -0.124. The second-order valence-electron chi connectivity index (χ2n) is 15.4. The van der Waals surface area contributed by atoms with Gasteiger partial charge in [0.1, 0.15) is 9.84 Å². The molecule has 4 aliphatic heterocycles. The first-order valence-corrected chi connectivity index (χ1v) is 21.8. The summed E-state index contributed by atoms with van der Waals surface area (Å²) >= 11 is 0. The monoisotopic (exact) mass is 749 g/mol. The third kappa shape index (κ3) is 5.56. The van der Waals surface area contributed by atoms with E-state index < -0.39 is 25.3 Å². The SMILES string of the molecule is CN1C(=O)C2(CC3CCC(C2)N3)c2c1cnc1c2c(-c2ccccc2)c(-c2ccc(CN3CCC(S(C)(=O)=O)CC3)cc2)n1S(=O)(=O)c1ccccc1. The first-order chi connectivity index (χ1) is 25.5. The Morgan fingerprint density at radius 3 is 2.06 bits per heavy atom. The normalized spacial score (nSPS) is 23.7. The number of aromatic nitrogens is 2. The number of benzene rings is 3. The molecule has 9 rings (SSSR count). The molecular weight excluding hydrogens is 707 g/mol. The number of amides is 1. The zero-order valence-electron chi connectivity index (χ0n) is 29.9. The third-order valence-corrected chi connectivity index (χ3v) is 15.5. The van der Waals surface area contributed by atoms with Crippen molar-refractivity contribution in [3.8, 4) is 22.4 Å². The summed E-state index contributed by atoms with van der Waals surface area (Å²) in [6.07, 6.45) is 7.56. The molecule has 0 radical (unpaired) electrons. The highest BCUT2D eigenvalue weighted by molar-refractivity contribution is 7.91. The summed E-state index contributed by atoms with van der Waals surface area (Å²) < 4.78 is 55.7. The molecule has 2 atom stereocenters. The first kappa shape index (κ1) is 34.4. The highest BCUT2D eigenvalue weighted by Crippen LogP contribution is 2.56. The van der Waals surface area contributed by atoms with Gasteiger partial charge in [0, 0.05) is 48.4 Å². The van der Waals surface area contributed by atoms with Crippen LogP contribution in [0.3, 0.4) is 0 Å². The molecule has 2 aromatic heterocycles. The van der Waals surface area contributed by atoms with Crippen LogP contribution in [0.1, 0.15) is 49.7 Å². The third-order valence-electron chi connectivity index (χ3n) is 12.1. The van der Waals surface area contributed by atoms with E-state index >= 15 is 8.42 Å². The van der Waals surface area contributed by atoms with E-state index in [0.29, 0.717) is 67.6 Å². The van der Waals surface area contributed by atoms with Gasteiger partial charge in [-0.25, -0.2) is 25.8 Å². The van der Waals surface area contributed by atoms with Gasteiger partial charge in [0.05, 0.1) is 33.1 Å². The van der Waals surface area contributed by atoms with Crippen molar-refractivity contribution in [2.75, 3.05) is 31.3 Å². The number of nitrogens with zero attached hydrogens (tertiary/aromatic N) is 4. The molecule has 0 aliphatic carbocycles. The summed E-state index contributed by atoms with van der Waals surface area (Å²) in [5, 5.41) is 4.13. The molecule has 5 aromatic rings. The van der Waals surface area contributed by atoms with Crippen LogP contribution in [0.5, 0.6) is 0 Å². The molecule has 3 saturated heterocycles. The van der Waals surface area contributed by atoms with Gasteiger partial charge in [0.2, 0.25) is 5.91 Å². The van der Waals surface area contributed by atoms with Gasteiger partial charge in [0.15, 0.2) is 5.65 Å². The van der Waals surface area contributed by atoms with Crippen LogP contribution in [-0.2, 0) is 36.6 Å². The van der Waals surface area contributed by atoms with E-state index in [0.717, 1.165) is 40.8 Å². The quantitative estimate of drug-likeness (QED) is 0.224. The predicted molar refractivity (Wildman–Crippen MR) is 207 cm³/mol. The topological polar surface area (TPSA) is 122 Å². The van der Waals surface area contributed by atoms with Crippen LogP contribution >= 0.6 is 0 Å². The van der Waals surface area contributed by atoms with Crippen molar-refractivity contribution in [1.29, 1.82) is 0 Å². The minimum atomic E-state index is -4.19. The number of sulfone groups is 1. The lowest BCUT2D eigenvalue weighted by Gasteiger charge is -2.37. The van der Waals surface area contributed by atoms with Crippen molar-refractivity contribution in [1.82, 2.24) is 19.2 Å². The van der Waals surface area contributed by atoms with Gasteiger partial charge in [-0.2, -0.15) is 0 Å². The van der Waals surface area contributed by atoms with Crippen molar-refractivity contribution in [2.45, 2.75) is 72.7 Å². The summed E-state index contributed by atoms with van der Waals surface area (Å²) in [5.41, 5.74) is 4.98. The summed E-state index contributed by atoms with van der Waals surface area (Å²) in [6.45, 7) is 2.06. The van der Waals surface area contributed by atoms with E-state index in [1.165, 1.54) is 10.2 Å². The molecule has 6 heterocycles. The van der Waals surface area contributed by atoms with Crippen LogP contribution in [0.4, 0.5) is 5.69 Å². The fourth-order valence-corrected chi connectivity index (χ4v) is 12.2. The Hall–Kier alpha value is -4.36. The molecule has 2 unspecified atom stereocenters. The molecule has 274 valence electrons. The number of pyridine rings is 1. The minimum absolute atomic E-state index is 0.0457. The van der Waals surface area contributed by atoms with Crippen LogP contribution in [0.2, 0.25) is 0 Å². The number of fused-ring (bicyclic) bond motifs is 6. The number of piperidine rings is 2. The molecule has 2 bridgehead atoms. The highest BCUT2D eigenvalue weighted by Gasteiger charge is 2.57. The number of likely N-dealkylation sites (N-methyl/N-ethyl adjacent to an activating group) is 1. The standard InChI is InChI=1S/C41H43N5O5S2/c1-44-34-25-42-39-36(37(34)41(40(44)47)23-30-17-18-31(24-41)43-30)35(28-9-5-3-6-10-28)38(46(39)53(50,51)33-11-7-4-8-12-33)29-15-13-27(14-16-29)26-45-21-19-32(20-22-45)52(2,48)49/h3-16,25,30-32,43H,17-24,26H2,1-2H3. The summed E-state index contributed by atoms with van der Waals surface area (Å²) in [5.74, 6) is 0.0457. The molecule has 1 N–H and O–H groups in total. The molecule has 3 aromatic carbocycles. The van der Waals surface area contributed by atoms with Crippen molar-refractivity contribution < 1.29 is 21.6 Å². The van der Waals surface area contributed by atoms with Crippen LogP contribution in [0.15, 0.2) is 96.0 Å². The number of hydrogen-bond donors (Lipinski definition) is 1. The van der Waals surface area contributed by atoms with E-state index in [9.17, 15) is 13.2 Å². The fourth-order valence-electron chi connectivity index (χ4n) is 9.61. The van der Waals surface area contributed by atoms with Gasteiger partial charge in [0.25, 0.3) is 10.0 Å². The Morgan fingerprint density at radius 2 is 1.43 bits per heavy atom.